The lowest BCUT2D eigenvalue weighted by molar-refractivity contribution is 0.0729. The average molecular weight is 565 g/mol. The number of halogens is 1. The van der Waals surface area contributed by atoms with E-state index >= 15 is 0 Å². The first-order valence-electron chi connectivity index (χ1n) is 11.0. The molecule has 2 saturated heterocycles. The molecule has 0 amide bonds. The summed E-state index contributed by atoms with van der Waals surface area (Å²) in [4.78, 5) is 6.79. The third-order valence-corrected chi connectivity index (χ3v) is 7.69. The third-order valence-electron chi connectivity index (χ3n) is 5.86. The highest BCUT2D eigenvalue weighted by Crippen LogP contribution is 2.23. The molecule has 1 N–H and O–H groups in total. The highest BCUT2D eigenvalue weighted by Gasteiger charge is 2.27. The van der Waals surface area contributed by atoms with Gasteiger partial charge >= 0.3 is 0 Å². The van der Waals surface area contributed by atoms with Gasteiger partial charge in [-0.3, -0.25) is 4.99 Å². The summed E-state index contributed by atoms with van der Waals surface area (Å²) in [5, 5.41) is 3.45. The van der Waals surface area contributed by atoms with Gasteiger partial charge in [-0.2, -0.15) is 4.31 Å². The highest BCUT2D eigenvalue weighted by molar-refractivity contribution is 14.0. The first-order chi connectivity index (χ1) is 14.4. The number of benzene rings is 1. The smallest absolute Gasteiger partial charge is 0.218 e. The average Bonchev–Trinajstić information content (AvgIpc) is 3.17. The summed E-state index contributed by atoms with van der Waals surface area (Å²) in [5.74, 6) is 2.34. The zero-order valence-corrected chi connectivity index (χ0v) is 22.1. The first-order valence-corrected chi connectivity index (χ1v) is 12.6. The number of aliphatic imine (C=N–C) groups is 1. The molecule has 3 rings (SSSR count). The Balaban J connectivity index is 0.00000341. The van der Waals surface area contributed by atoms with Crippen molar-refractivity contribution in [3.05, 3.63) is 35.4 Å². The van der Waals surface area contributed by atoms with Crippen LogP contribution in [0.15, 0.2) is 29.3 Å². The van der Waals surface area contributed by atoms with Crippen molar-refractivity contribution in [1.29, 1.82) is 0 Å². The van der Waals surface area contributed by atoms with E-state index in [-0.39, 0.29) is 29.7 Å². The molecule has 0 radical (unpaired) electrons. The topological polar surface area (TPSA) is 74.2 Å². The molecule has 2 heterocycles. The summed E-state index contributed by atoms with van der Waals surface area (Å²) >= 11 is 0. The number of likely N-dealkylation sites (tertiary alicyclic amines) is 1. The van der Waals surface area contributed by atoms with E-state index in [1.807, 2.05) is 31.3 Å². The molecule has 1 atom stereocenters. The molecule has 0 bridgehead atoms. The lowest BCUT2D eigenvalue weighted by Gasteiger charge is -2.26. The molecule has 0 aliphatic carbocycles. The van der Waals surface area contributed by atoms with E-state index in [2.05, 4.69) is 29.1 Å². The van der Waals surface area contributed by atoms with E-state index in [1.54, 1.807) is 4.31 Å². The van der Waals surface area contributed by atoms with Gasteiger partial charge in [0.05, 0.1) is 19.0 Å². The van der Waals surface area contributed by atoms with Crippen molar-refractivity contribution >= 4 is 40.0 Å². The molecule has 0 saturated carbocycles. The minimum Gasteiger partial charge on any atom is -0.379 e. The summed E-state index contributed by atoms with van der Waals surface area (Å²) in [7, 11) is -1.54. The molecular formula is C22H37IN4O3S. The fourth-order valence-electron chi connectivity index (χ4n) is 4.37. The summed E-state index contributed by atoms with van der Waals surface area (Å²) < 4.78 is 32.5. The molecule has 1 aromatic carbocycles. The molecule has 7 nitrogen and oxygen atoms in total. The van der Waals surface area contributed by atoms with E-state index in [9.17, 15) is 8.42 Å². The van der Waals surface area contributed by atoms with Gasteiger partial charge in [-0.25, -0.2) is 8.42 Å². The van der Waals surface area contributed by atoms with Gasteiger partial charge in [0, 0.05) is 39.8 Å². The summed E-state index contributed by atoms with van der Waals surface area (Å²) in [5.41, 5.74) is 1.83. The van der Waals surface area contributed by atoms with Gasteiger partial charge in [0.1, 0.15) is 0 Å². The number of rotatable bonds is 7. The van der Waals surface area contributed by atoms with Crippen molar-refractivity contribution in [2.45, 2.75) is 39.0 Å². The van der Waals surface area contributed by atoms with E-state index in [4.69, 9.17) is 4.74 Å². The Morgan fingerprint density at radius 2 is 1.87 bits per heavy atom. The molecule has 1 unspecified atom stereocenters. The molecule has 9 heteroatoms. The quantitative estimate of drug-likeness (QED) is 0.313. The molecule has 31 heavy (non-hydrogen) atoms. The predicted octanol–water partition coefficient (Wildman–Crippen LogP) is 2.91. The Morgan fingerprint density at radius 3 is 2.52 bits per heavy atom. The molecule has 0 aromatic heterocycles. The standard InChI is InChI=1S/C22H36N4O3S.HI/c1-18(2)14-19-8-9-25(16-19)22(23-3)24-15-20-6-4-5-7-21(20)17-30(27,28)26-10-12-29-13-11-26;/h4-7,18-19H,8-17H2,1-3H3,(H,23,24);1H. The number of nitrogens with zero attached hydrogens (tertiary/aromatic N) is 3. The number of guanidine groups is 1. The number of ether oxygens (including phenoxy) is 1. The van der Waals surface area contributed by atoms with Crippen molar-refractivity contribution in [2.75, 3.05) is 46.4 Å². The summed E-state index contributed by atoms with van der Waals surface area (Å²) in [6.45, 7) is 8.96. The molecule has 2 fully saturated rings. The van der Waals surface area contributed by atoms with Crippen LogP contribution in [0.25, 0.3) is 0 Å². The number of nitrogens with one attached hydrogen (secondary N) is 1. The molecule has 176 valence electrons. The maximum Gasteiger partial charge on any atom is 0.218 e. The zero-order valence-electron chi connectivity index (χ0n) is 18.9. The SMILES string of the molecule is CN=C(NCc1ccccc1CS(=O)(=O)N1CCOCC1)N1CCC(CC(C)C)C1.I. The second-order valence-electron chi connectivity index (χ2n) is 8.67. The van der Waals surface area contributed by atoms with E-state index in [1.165, 1.54) is 12.8 Å². The third kappa shape index (κ3) is 7.57. The van der Waals surface area contributed by atoms with Crippen molar-refractivity contribution in [1.82, 2.24) is 14.5 Å². The monoisotopic (exact) mass is 564 g/mol. The van der Waals surface area contributed by atoms with Crippen LogP contribution in [0.5, 0.6) is 0 Å². The fourth-order valence-corrected chi connectivity index (χ4v) is 5.94. The van der Waals surface area contributed by atoms with Crippen LogP contribution in [-0.4, -0.2) is 70.0 Å². The van der Waals surface area contributed by atoms with Gasteiger partial charge in [-0.05, 0) is 35.8 Å². The van der Waals surface area contributed by atoms with Gasteiger partial charge < -0.3 is 15.0 Å². The van der Waals surface area contributed by atoms with Gasteiger partial charge in [0.2, 0.25) is 10.0 Å². The van der Waals surface area contributed by atoms with E-state index < -0.39 is 10.0 Å². The van der Waals surface area contributed by atoms with Crippen LogP contribution in [0.2, 0.25) is 0 Å². The predicted molar refractivity (Wildman–Crippen MR) is 136 cm³/mol. The maximum absolute atomic E-state index is 12.9. The minimum absolute atomic E-state index is 0. The normalized spacial score (nSPS) is 20.7. The van der Waals surface area contributed by atoms with Crippen LogP contribution >= 0.6 is 24.0 Å². The van der Waals surface area contributed by atoms with Gasteiger partial charge in [0.25, 0.3) is 0 Å². The van der Waals surface area contributed by atoms with Crippen LogP contribution in [-0.2, 0) is 27.1 Å². The Labute approximate surface area is 204 Å². The molecule has 2 aliphatic rings. The Bertz CT molecular complexity index is 826. The van der Waals surface area contributed by atoms with Crippen LogP contribution in [0.1, 0.15) is 37.8 Å². The number of hydrogen-bond acceptors (Lipinski definition) is 4. The molecular weight excluding hydrogens is 527 g/mol. The van der Waals surface area contributed by atoms with Gasteiger partial charge in [0.15, 0.2) is 5.96 Å². The van der Waals surface area contributed by atoms with E-state index in [0.29, 0.717) is 38.8 Å². The second kappa shape index (κ2) is 12.4. The van der Waals surface area contributed by atoms with Crippen LogP contribution in [0.4, 0.5) is 0 Å². The number of sulfonamides is 1. The Morgan fingerprint density at radius 1 is 1.19 bits per heavy atom. The lowest BCUT2D eigenvalue weighted by Crippen LogP contribution is -2.41. The van der Waals surface area contributed by atoms with Crippen molar-refractivity contribution in [3.8, 4) is 0 Å². The zero-order chi connectivity index (χ0) is 21.6. The van der Waals surface area contributed by atoms with Gasteiger partial charge in [-0.1, -0.05) is 38.1 Å². The molecule has 1 aromatic rings. The van der Waals surface area contributed by atoms with Crippen molar-refractivity contribution < 1.29 is 13.2 Å². The van der Waals surface area contributed by atoms with Gasteiger partial charge in [-0.15, -0.1) is 24.0 Å². The fraction of sp³-hybridized carbons (Fsp3) is 0.682. The van der Waals surface area contributed by atoms with Crippen molar-refractivity contribution in [2.24, 2.45) is 16.8 Å². The van der Waals surface area contributed by atoms with Crippen LogP contribution in [0.3, 0.4) is 0 Å². The Kier molecular flexibility index (Phi) is 10.5. The van der Waals surface area contributed by atoms with E-state index in [0.717, 1.165) is 36.1 Å². The minimum atomic E-state index is -3.35. The molecule has 0 spiro atoms. The Hall–Kier alpha value is -0.910. The molecule has 2 aliphatic heterocycles. The lowest BCUT2D eigenvalue weighted by atomic mass is 9.97. The van der Waals surface area contributed by atoms with Crippen LogP contribution < -0.4 is 5.32 Å². The summed E-state index contributed by atoms with van der Waals surface area (Å²) in [6, 6.07) is 7.76. The number of hydrogen-bond donors (Lipinski definition) is 1. The van der Waals surface area contributed by atoms with Crippen molar-refractivity contribution in [3.63, 3.8) is 0 Å². The van der Waals surface area contributed by atoms with Crippen LogP contribution in [0, 0.1) is 11.8 Å². The highest BCUT2D eigenvalue weighted by atomic mass is 127. The largest absolute Gasteiger partial charge is 0.379 e. The first kappa shape index (κ1) is 26.3. The number of morpholine rings is 1. The second-order valence-corrected chi connectivity index (χ2v) is 10.6. The summed E-state index contributed by atoms with van der Waals surface area (Å²) in [6.07, 6.45) is 2.45. The maximum atomic E-state index is 12.9.